The van der Waals surface area contributed by atoms with Crippen LogP contribution in [0.5, 0.6) is 0 Å². The monoisotopic (exact) mass is 154 g/mol. The third-order valence-electron chi connectivity index (χ3n) is 1.20. The fraction of sp³-hybridized carbons (Fsp3) is 0. The molecule has 5 heteroatoms. The van der Waals surface area contributed by atoms with Gasteiger partial charge in [-0.1, -0.05) is 6.07 Å². The SMILES string of the molecule is O=Nc1cccc([NH+]([O-])O)c1. The third kappa shape index (κ3) is 1.81. The minimum absolute atomic E-state index is 0.0714. The molecular weight excluding hydrogens is 148 g/mol. The first-order valence-electron chi connectivity index (χ1n) is 2.91. The molecule has 1 rings (SSSR count). The van der Waals surface area contributed by atoms with Crippen molar-refractivity contribution >= 4 is 11.4 Å². The van der Waals surface area contributed by atoms with Crippen molar-refractivity contribution in [2.24, 2.45) is 5.18 Å². The molecule has 0 aliphatic carbocycles. The fourth-order valence-electron chi connectivity index (χ4n) is 0.696. The molecule has 0 amide bonds. The Kier molecular flexibility index (Phi) is 2.27. The van der Waals surface area contributed by atoms with Crippen molar-refractivity contribution in [2.45, 2.75) is 0 Å². The van der Waals surface area contributed by atoms with E-state index in [-0.39, 0.29) is 11.4 Å². The summed E-state index contributed by atoms with van der Waals surface area (Å²) in [5.41, 5.74) is 0.201. The molecule has 1 unspecified atom stereocenters. The van der Waals surface area contributed by atoms with Gasteiger partial charge < -0.3 is 5.21 Å². The Hall–Kier alpha value is -1.30. The average molecular weight is 154 g/mol. The van der Waals surface area contributed by atoms with E-state index in [1.54, 1.807) is 0 Å². The summed E-state index contributed by atoms with van der Waals surface area (Å²) in [6, 6.07) is 5.53. The van der Waals surface area contributed by atoms with Crippen LogP contribution in [0.2, 0.25) is 0 Å². The molecule has 0 bridgehead atoms. The molecule has 0 radical (unpaired) electrons. The summed E-state index contributed by atoms with van der Waals surface area (Å²) < 4.78 is 0. The smallest absolute Gasteiger partial charge is 0.166 e. The lowest BCUT2D eigenvalue weighted by Gasteiger charge is -2.10. The molecule has 0 fully saturated rings. The molecule has 0 aliphatic rings. The quantitative estimate of drug-likeness (QED) is 0.480. The van der Waals surface area contributed by atoms with E-state index in [2.05, 4.69) is 5.18 Å². The maximum absolute atomic E-state index is 10.3. The van der Waals surface area contributed by atoms with Crippen LogP contribution >= 0.6 is 0 Å². The number of rotatable bonds is 2. The van der Waals surface area contributed by atoms with Crippen molar-refractivity contribution in [1.29, 1.82) is 0 Å². The highest BCUT2D eigenvalue weighted by Crippen LogP contribution is 2.13. The van der Waals surface area contributed by atoms with Gasteiger partial charge in [0.15, 0.2) is 5.69 Å². The van der Waals surface area contributed by atoms with E-state index in [9.17, 15) is 10.1 Å². The lowest BCUT2D eigenvalue weighted by molar-refractivity contribution is -0.991. The van der Waals surface area contributed by atoms with Gasteiger partial charge in [0, 0.05) is 12.1 Å². The number of hydrogen-bond acceptors (Lipinski definition) is 4. The Morgan fingerprint density at radius 1 is 1.55 bits per heavy atom. The maximum Gasteiger partial charge on any atom is 0.166 e. The van der Waals surface area contributed by atoms with E-state index >= 15 is 0 Å². The molecule has 5 nitrogen and oxygen atoms in total. The molecule has 11 heavy (non-hydrogen) atoms. The zero-order valence-corrected chi connectivity index (χ0v) is 5.52. The molecule has 58 valence electrons. The van der Waals surface area contributed by atoms with Crippen LogP contribution in [0.4, 0.5) is 11.4 Å². The molecule has 0 saturated heterocycles. The van der Waals surface area contributed by atoms with Crippen LogP contribution in [-0.4, -0.2) is 5.21 Å². The van der Waals surface area contributed by atoms with Gasteiger partial charge in [0.25, 0.3) is 0 Å². The highest BCUT2D eigenvalue weighted by Gasteiger charge is 1.99. The van der Waals surface area contributed by atoms with Gasteiger partial charge >= 0.3 is 0 Å². The van der Waals surface area contributed by atoms with Gasteiger partial charge in [-0.05, 0) is 11.2 Å². The van der Waals surface area contributed by atoms with E-state index < -0.39 is 5.23 Å². The van der Waals surface area contributed by atoms with Crippen molar-refractivity contribution in [3.8, 4) is 0 Å². The standard InChI is InChI=1S/C6H6N2O3/c9-7-5-2-1-3-6(4-5)8(10)11/h1-4,8,10H. The second-order valence-corrected chi connectivity index (χ2v) is 1.95. The van der Waals surface area contributed by atoms with Crippen molar-refractivity contribution in [3.63, 3.8) is 0 Å². The summed E-state index contributed by atoms with van der Waals surface area (Å²) in [5.74, 6) is 0. The lowest BCUT2D eigenvalue weighted by atomic mass is 10.3. The van der Waals surface area contributed by atoms with Crippen LogP contribution in [0.15, 0.2) is 29.4 Å². The second-order valence-electron chi connectivity index (χ2n) is 1.95. The zero-order valence-electron chi connectivity index (χ0n) is 5.52. The molecule has 0 aliphatic heterocycles. The highest BCUT2D eigenvalue weighted by molar-refractivity contribution is 5.45. The number of hydrogen-bond donors (Lipinski definition) is 2. The molecular formula is C6H6N2O3. The van der Waals surface area contributed by atoms with Crippen LogP contribution in [0, 0.1) is 10.1 Å². The summed E-state index contributed by atoms with van der Waals surface area (Å²) in [5, 5.41) is 20.3. The Balaban J connectivity index is 3.00. The van der Waals surface area contributed by atoms with Crippen LogP contribution in [0.3, 0.4) is 0 Å². The van der Waals surface area contributed by atoms with Gasteiger partial charge in [-0.15, -0.1) is 4.91 Å². The molecule has 2 N–H and O–H groups in total. The predicted octanol–water partition coefficient (Wildman–Crippen LogP) is 0.488. The Morgan fingerprint density at radius 3 is 2.82 bits per heavy atom. The van der Waals surface area contributed by atoms with Crippen LogP contribution in [0.25, 0.3) is 0 Å². The first-order valence-corrected chi connectivity index (χ1v) is 2.91. The Bertz CT molecular complexity index is 262. The third-order valence-corrected chi connectivity index (χ3v) is 1.20. The number of nitroso groups, excluding NO2 is 1. The summed E-state index contributed by atoms with van der Waals surface area (Å²) in [6.45, 7) is 0. The van der Waals surface area contributed by atoms with Crippen molar-refractivity contribution < 1.29 is 10.4 Å². The molecule has 1 atom stereocenters. The Labute approximate surface area is 62.4 Å². The van der Waals surface area contributed by atoms with Gasteiger partial charge in [-0.3, -0.25) is 0 Å². The van der Waals surface area contributed by atoms with Crippen LogP contribution < -0.4 is 5.23 Å². The van der Waals surface area contributed by atoms with Gasteiger partial charge in [-0.25, -0.2) is 5.21 Å². The number of nitrogens with one attached hydrogen (secondary N) is 1. The first-order chi connectivity index (χ1) is 5.24. The van der Waals surface area contributed by atoms with Crippen LogP contribution in [0.1, 0.15) is 0 Å². The molecule has 0 saturated carbocycles. The van der Waals surface area contributed by atoms with Crippen LogP contribution in [-0.2, 0) is 0 Å². The number of quaternary nitrogens is 1. The van der Waals surface area contributed by atoms with E-state index in [1.165, 1.54) is 24.3 Å². The van der Waals surface area contributed by atoms with Crippen molar-refractivity contribution in [3.05, 3.63) is 34.4 Å². The van der Waals surface area contributed by atoms with Gasteiger partial charge in [0.05, 0.1) is 0 Å². The summed E-state index contributed by atoms with van der Waals surface area (Å²) in [4.78, 5) is 9.94. The Morgan fingerprint density at radius 2 is 2.27 bits per heavy atom. The summed E-state index contributed by atoms with van der Waals surface area (Å²) in [7, 11) is 0. The highest BCUT2D eigenvalue weighted by atomic mass is 16.8. The minimum atomic E-state index is -1.06. The van der Waals surface area contributed by atoms with E-state index in [1.807, 2.05) is 0 Å². The molecule has 0 heterocycles. The normalized spacial score (nSPS) is 12.5. The predicted molar refractivity (Wildman–Crippen MR) is 37.7 cm³/mol. The van der Waals surface area contributed by atoms with E-state index in [0.29, 0.717) is 0 Å². The molecule has 0 aromatic heterocycles. The molecule has 1 aromatic rings. The minimum Gasteiger partial charge on any atom is -0.595 e. The fourth-order valence-corrected chi connectivity index (χ4v) is 0.696. The van der Waals surface area contributed by atoms with E-state index in [4.69, 9.17) is 5.21 Å². The van der Waals surface area contributed by atoms with Gasteiger partial charge in [0.1, 0.15) is 5.69 Å². The van der Waals surface area contributed by atoms with Crippen molar-refractivity contribution in [1.82, 2.24) is 0 Å². The summed E-state index contributed by atoms with van der Waals surface area (Å²) >= 11 is 0. The average Bonchev–Trinajstić information content (AvgIpc) is 2.05. The summed E-state index contributed by atoms with van der Waals surface area (Å²) in [6.07, 6.45) is 0. The largest absolute Gasteiger partial charge is 0.595 e. The van der Waals surface area contributed by atoms with Gasteiger partial charge in [0.2, 0.25) is 0 Å². The number of nitrogens with zero attached hydrogens (tertiary/aromatic N) is 1. The zero-order chi connectivity index (χ0) is 8.27. The van der Waals surface area contributed by atoms with E-state index in [0.717, 1.165) is 0 Å². The maximum atomic E-state index is 10.3. The second kappa shape index (κ2) is 3.20. The molecule has 1 aromatic carbocycles. The molecule has 0 spiro atoms. The lowest BCUT2D eigenvalue weighted by Crippen LogP contribution is -2.99. The van der Waals surface area contributed by atoms with Gasteiger partial charge in [-0.2, -0.15) is 5.23 Å². The first kappa shape index (κ1) is 7.80. The number of benzene rings is 1. The van der Waals surface area contributed by atoms with Crippen molar-refractivity contribution in [2.75, 3.05) is 0 Å². The topological polar surface area (TPSA) is 77.2 Å².